The summed E-state index contributed by atoms with van der Waals surface area (Å²) in [5.74, 6) is 0.587. The Balaban J connectivity index is 1.41. The Kier molecular flexibility index (Phi) is 6.16. The summed E-state index contributed by atoms with van der Waals surface area (Å²) >= 11 is 5.96. The van der Waals surface area contributed by atoms with Crippen LogP contribution in [0, 0.1) is 5.92 Å². The number of nitrogens with one attached hydrogen (secondary N) is 1. The predicted octanol–water partition coefficient (Wildman–Crippen LogP) is 4.67. The average Bonchev–Trinajstić information content (AvgIpc) is 3.12. The van der Waals surface area contributed by atoms with E-state index in [4.69, 9.17) is 16.3 Å². The molecule has 4 rings (SSSR count). The highest BCUT2D eigenvalue weighted by Crippen LogP contribution is 2.21. The van der Waals surface area contributed by atoms with Crippen LogP contribution in [0.15, 0.2) is 48.8 Å². The summed E-state index contributed by atoms with van der Waals surface area (Å²) in [5, 5.41) is 3.86. The molecule has 1 saturated heterocycles. The van der Waals surface area contributed by atoms with Gasteiger partial charge in [-0.2, -0.15) is 0 Å². The molecule has 5 nitrogen and oxygen atoms in total. The van der Waals surface area contributed by atoms with Gasteiger partial charge in [-0.25, -0.2) is 4.98 Å². The lowest BCUT2D eigenvalue weighted by atomic mass is 9.93. The van der Waals surface area contributed by atoms with Gasteiger partial charge < -0.3 is 14.6 Å². The molecule has 1 atom stereocenters. The molecular formula is C23H26ClN3O2. The lowest BCUT2D eigenvalue weighted by Gasteiger charge is -2.25. The van der Waals surface area contributed by atoms with E-state index in [0.29, 0.717) is 18.0 Å². The molecule has 2 heterocycles. The summed E-state index contributed by atoms with van der Waals surface area (Å²) in [6.45, 7) is 4.45. The number of carbonyl (C=O) groups is 1. The van der Waals surface area contributed by atoms with Crippen LogP contribution in [0.5, 0.6) is 0 Å². The molecule has 1 amide bonds. The first-order chi connectivity index (χ1) is 14.1. The van der Waals surface area contributed by atoms with Gasteiger partial charge >= 0.3 is 0 Å². The molecule has 1 aliphatic rings. The van der Waals surface area contributed by atoms with Crippen molar-refractivity contribution in [1.82, 2.24) is 14.9 Å². The van der Waals surface area contributed by atoms with Gasteiger partial charge in [0.2, 0.25) is 0 Å². The third kappa shape index (κ3) is 4.98. The van der Waals surface area contributed by atoms with Crippen molar-refractivity contribution in [3.63, 3.8) is 0 Å². The van der Waals surface area contributed by atoms with Gasteiger partial charge in [0, 0.05) is 36.4 Å². The Labute approximate surface area is 176 Å². The van der Waals surface area contributed by atoms with Crippen molar-refractivity contribution < 1.29 is 9.53 Å². The molecule has 3 aromatic rings. The van der Waals surface area contributed by atoms with Gasteiger partial charge in [0.05, 0.1) is 17.4 Å². The summed E-state index contributed by atoms with van der Waals surface area (Å²) in [4.78, 5) is 17.2. The molecule has 0 unspecified atom stereocenters. The number of imidazole rings is 1. The zero-order chi connectivity index (χ0) is 20.2. The lowest BCUT2D eigenvalue weighted by Crippen LogP contribution is -2.35. The van der Waals surface area contributed by atoms with Crippen molar-refractivity contribution >= 4 is 28.5 Å². The van der Waals surface area contributed by atoms with E-state index in [1.807, 2.05) is 48.8 Å². The Bertz CT molecular complexity index is 977. The van der Waals surface area contributed by atoms with Crippen LogP contribution < -0.4 is 5.32 Å². The van der Waals surface area contributed by atoms with Crippen LogP contribution in [0.3, 0.4) is 0 Å². The summed E-state index contributed by atoms with van der Waals surface area (Å²) in [5.41, 5.74) is 3.63. The second-order valence-electron chi connectivity index (χ2n) is 7.87. The number of carbonyl (C=O) groups excluding carboxylic acids is 1. The third-order valence-electron chi connectivity index (χ3n) is 5.55. The standard InChI is InChI=1S/C23H26ClN3O2/c1-16(12-17-8-10-29-11-9-17)26-23(28)19-4-7-22-21(13-19)25-15-27(22)14-18-2-5-20(24)6-3-18/h2-7,13,15-17H,8-12,14H2,1H3,(H,26,28)/t16-/m0/s1. The highest BCUT2D eigenvalue weighted by Gasteiger charge is 2.19. The van der Waals surface area contributed by atoms with E-state index in [1.165, 1.54) is 0 Å². The Hall–Kier alpha value is -2.37. The van der Waals surface area contributed by atoms with Crippen molar-refractivity contribution in [1.29, 1.82) is 0 Å². The quantitative estimate of drug-likeness (QED) is 0.641. The minimum atomic E-state index is -0.0429. The number of rotatable bonds is 6. The van der Waals surface area contributed by atoms with E-state index in [1.54, 1.807) is 0 Å². The highest BCUT2D eigenvalue weighted by molar-refractivity contribution is 6.30. The molecule has 1 N–H and O–H groups in total. The van der Waals surface area contributed by atoms with E-state index < -0.39 is 0 Å². The number of amides is 1. The fourth-order valence-electron chi connectivity index (χ4n) is 3.97. The summed E-state index contributed by atoms with van der Waals surface area (Å²) in [6.07, 6.45) is 4.97. The second-order valence-corrected chi connectivity index (χ2v) is 8.30. The minimum Gasteiger partial charge on any atom is -0.381 e. The molecule has 6 heteroatoms. The Morgan fingerprint density at radius 1 is 1.24 bits per heavy atom. The van der Waals surface area contributed by atoms with Crippen LogP contribution in [-0.4, -0.2) is 34.7 Å². The van der Waals surface area contributed by atoms with E-state index in [0.717, 1.165) is 54.1 Å². The van der Waals surface area contributed by atoms with Gasteiger partial charge in [0.25, 0.3) is 5.91 Å². The molecule has 0 radical (unpaired) electrons. The first-order valence-corrected chi connectivity index (χ1v) is 10.5. The second kappa shape index (κ2) is 8.97. The van der Waals surface area contributed by atoms with Gasteiger partial charge in [0.1, 0.15) is 0 Å². The van der Waals surface area contributed by atoms with Crippen molar-refractivity contribution in [2.45, 2.75) is 38.8 Å². The van der Waals surface area contributed by atoms with Gasteiger partial charge in [-0.05, 0) is 68.0 Å². The molecule has 1 aromatic heterocycles. The number of hydrogen-bond acceptors (Lipinski definition) is 3. The molecule has 0 saturated carbocycles. The molecule has 0 bridgehead atoms. The third-order valence-corrected chi connectivity index (χ3v) is 5.81. The smallest absolute Gasteiger partial charge is 0.251 e. The maximum Gasteiger partial charge on any atom is 0.251 e. The van der Waals surface area contributed by atoms with Crippen molar-refractivity contribution in [2.75, 3.05) is 13.2 Å². The van der Waals surface area contributed by atoms with Crippen LogP contribution in [0.25, 0.3) is 11.0 Å². The molecule has 1 aliphatic heterocycles. The average molecular weight is 412 g/mol. The zero-order valence-electron chi connectivity index (χ0n) is 16.6. The fourth-order valence-corrected chi connectivity index (χ4v) is 4.09. The fraction of sp³-hybridized carbons (Fsp3) is 0.391. The summed E-state index contributed by atoms with van der Waals surface area (Å²) < 4.78 is 7.49. The monoisotopic (exact) mass is 411 g/mol. The Morgan fingerprint density at radius 2 is 2.00 bits per heavy atom. The first-order valence-electron chi connectivity index (χ1n) is 10.2. The molecule has 0 spiro atoms. The van der Waals surface area contributed by atoms with Crippen molar-refractivity contribution in [3.8, 4) is 0 Å². The molecular weight excluding hydrogens is 386 g/mol. The Morgan fingerprint density at radius 3 is 2.76 bits per heavy atom. The van der Waals surface area contributed by atoms with Gasteiger partial charge in [0.15, 0.2) is 0 Å². The molecule has 29 heavy (non-hydrogen) atoms. The number of benzene rings is 2. The largest absolute Gasteiger partial charge is 0.381 e. The number of hydrogen-bond donors (Lipinski definition) is 1. The van der Waals surface area contributed by atoms with E-state index in [-0.39, 0.29) is 11.9 Å². The minimum absolute atomic E-state index is 0.0429. The van der Waals surface area contributed by atoms with Gasteiger partial charge in [-0.3, -0.25) is 4.79 Å². The molecule has 152 valence electrons. The molecule has 2 aromatic carbocycles. The van der Waals surface area contributed by atoms with Crippen LogP contribution >= 0.6 is 11.6 Å². The number of aromatic nitrogens is 2. The number of fused-ring (bicyclic) bond motifs is 1. The highest BCUT2D eigenvalue weighted by atomic mass is 35.5. The van der Waals surface area contributed by atoms with E-state index >= 15 is 0 Å². The molecule has 0 aliphatic carbocycles. The number of halogens is 1. The first kappa shape index (κ1) is 19.9. The SMILES string of the molecule is C[C@@H](CC1CCOCC1)NC(=O)c1ccc2c(c1)ncn2Cc1ccc(Cl)cc1. The van der Waals surface area contributed by atoms with E-state index in [2.05, 4.69) is 21.8 Å². The zero-order valence-corrected chi connectivity index (χ0v) is 17.4. The van der Waals surface area contributed by atoms with Crippen LogP contribution in [0.2, 0.25) is 5.02 Å². The number of ether oxygens (including phenoxy) is 1. The topological polar surface area (TPSA) is 56.1 Å². The summed E-state index contributed by atoms with van der Waals surface area (Å²) in [6, 6.07) is 13.6. The van der Waals surface area contributed by atoms with Crippen molar-refractivity contribution in [2.24, 2.45) is 5.92 Å². The van der Waals surface area contributed by atoms with Crippen LogP contribution in [-0.2, 0) is 11.3 Å². The van der Waals surface area contributed by atoms with Gasteiger partial charge in [-0.1, -0.05) is 23.7 Å². The van der Waals surface area contributed by atoms with Crippen molar-refractivity contribution in [3.05, 3.63) is 64.9 Å². The number of nitrogens with zero attached hydrogens (tertiary/aromatic N) is 2. The van der Waals surface area contributed by atoms with E-state index in [9.17, 15) is 4.79 Å². The van der Waals surface area contributed by atoms with Crippen LogP contribution in [0.1, 0.15) is 42.1 Å². The normalized spacial score (nSPS) is 16.1. The maximum atomic E-state index is 12.7. The summed E-state index contributed by atoms with van der Waals surface area (Å²) in [7, 11) is 0. The molecule has 1 fully saturated rings. The van der Waals surface area contributed by atoms with Crippen LogP contribution in [0.4, 0.5) is 0 Å². The maximum absolute atomic E-state index is 12.7. The lowest BCUT2D eigenvalue weighted by molar-refractivity contribution is 0.0605. The van der Waals surface area contributed by atoms with Gasteiger partial charge in [-0.15, -0.1) is 0 Å². The predicted molar refractivity (Wildman–Crippen MR) is 115 cm³/mol.